The summed E-state index contributed by atoms with van der Waals surface area (Å²) in [6, 6.07) is 7.23. The van der Waals surface area contributed by atoms with Gasteiger partial charge in [-0.15, -0.1) is 12.4 Å². The molecular weight excluding hydrogens is 304 g/mol. The van der Waals surface area contributed by atoms with Crippen molar-refractivity contribution >= 4 is 24.3 Å². The number of nitrogens with zero attached hydrogens (tertiary/aromatic N) is 1. The van der Waals surface area contributed by atoms with Gasteiger partial charge in [0.1, 0.15) is 0 Å². The van der Waals surface area contributed by atoms with Crippen molar-refractivity contribution < 1.29 is 14.7 Å². The zero-order chi connectivity index (χ0) is 15.0. The van der Waals surface area contributed by atoms with Crippen molar-refractivity contribution in [2.24, 2.45) is 17.1 Å². The predicted octanol–water partition coefficient (Wildman–Crippen LogP) is 1.89. The van der Waals surface area contributed by atoms with Crippen LogP contribution in [0.3, 0.4) is 0 Å². The molecule has 0 radical (unpaired) electrons. The van der Waals surface area contributed by atoms with Gasteiger partial charge in [-0.3, -0.25) is 14.5 Å². The number of primary amides is 1. The Hall–Kier alpha value is -1.59. The maximum atomic E-state index is 11.6. The Morgan fingerprint density at radius 1 is 1.32 bits per heavy atom. The summed E-state index contributed by atoms with van der Waals surface area (Å²) in [5, 5.41) is 9.58. The highest BCUT2D eigenvalue weighted by Gasteiger charge is 2.54. The molecule has 0 spiro atoms. The average molecular weight is 325 g/mol. The number of carboxylic acids is 1. The Bertz CT molecular complexity index is 575. The van der Waals surface area contributed by atoms with E-state index < -0.39 is 17.3 Å². The minimum atomic E-state index is -0.642. The highest BCUT2D eigenvalue weighted by Crippen LogP contribution is 2.49. The Morgan fingerprint density at radius 2 is 2.00 bits per heavy atom. The molecule has 22 heavy (non-hydrogen) atoms. The molecule has 5 nitrogen and oxygen atoms in total. The molecule has 1 heterocycles. The lowest BCUT2D eigenvalue weighted by Crippen LogP contribution is -2.35. The molecule has 1 saturated heterocycles. The van der Waals surface area contributed by atoms with Gasteiger partial charge < -0.3 is 10.8 Å². The molecule has 0 aromatic heterocycles. The lowest BCUT2D eigenvalue weighted by Gasteiger charge is -2.23. The third-order valence-corrected chi connectivity index (χ3v) is 5.01. The average Bonchev–Trinajstić information content (AvgIpc) is 2.97. The van der Waals surface area contributed by atoms with Crippen LogP contribution in [0.15, 0.2) is 24.3 Å². The first-order chi connectivity index (χ1) is 10.0. The molecule has 1 aliphatic carbocycles. The number of hydrogen-bond donors (Lipinski definition) is 2. The SMILES string of the molecule is Cl.NC(=O)c1ccc(CN2C[C@@H]3CCC[C@@]3(C(=O)O)C2)cc1. The number of rotatable bonds is 4. The summed E-state index contributed by atoms with van der Waals surface area (Å²) in [5.74, 6) is -0.793. The fourth-order valence-corrected chi connectivity index (χ4v) is 3.90. The number of hydrogen-bond acceptors (Lipinski definition) is 3. The minimum Gasteiger partial charge on any atom is -0.481 e. The second-order valence-electron chi connectivity index (χ2n) is 6.28. The van der Waals surface area contributed by atoms with Crippen molar-refractivity contribution in [3.05, 3.63) is 35.4 Å². The normalized spacial score (nSPS) is 27.2. The van der Waals surface area contributed by atoms with E-state index in [2.05, 4.69) is 4.90 Å². The molecule has 0 unspecified atom stereocenters. The van der Waals surface area contributed by atoms with Crippen LogP contribution in [-0.4, -0.2) is 35.0 Å². The van der Waals surface area contributed by atoms with Crippen molar-refractivity contribution in [3.8, 4) is 0 Å². The van der Waals surface area contributed by atoms with E-state index in [1.54, 1.807) is 12.1 Å². The fraction of sp³-hybridized carbons (Fsp3) is 0.500. The third kappa shape index (κ3) is 2.83. The Kier molecular flexibility index (Phi) is 4.78. The molecule has 6 heteroatoms. The van der Waals surface area contributed by atoms with Crippen molar-refractivity contribution in [3.63, 3.8) is 0 Å². The number of carbonyl (C=O) groups is 2. The number of carboxylic acid groups (broad SMARTS) is 1. The van der Waals surface area contributed by atoms with E-state index in [1.165, 1.54) is 0 Å². The summed E-state index contributed by atoms with van der Waals surface area (Å²) in [4.78, 5) is 24.9. The topological polar surface area (TPSA) is 83.6 Å². The van der Waals surface area contributed by atoms with E-state index >= 15 is 0 Å². The van der Waals surface area contributed by atoms with Gasteiger partial charge in [-0.2, -0.15) is 0 Å². The largest absolute Gasteiger partial charge is 0.481 e. The van der Waals surface area contributed by atoms with Crippen LogP contribution in [0.5, 0.6) is 0 Å². The summed E-state index contributed by atoms with van der Waals surface area (Å²) >= 11 is 0. The molecule has 120 valence electrons. The van der Waals surface area contributed by atoms with Crippen LogP contribution in [0.1, 0.15) is 35.2 Å². The van der Waals surface area contributed by atoms with Crippen LogP contribution in [0.4, 0.5) is 0 Å². The van der Waals surface area contributed by atoms with Gasteiger partial charge in [-0.25, -0.2) is 0 Å². The lowest BCUT2D eigenvalue weighted by molar-refractivity contribution is -0.149. The molecule has 1 saturated carbocycles. The maximum Gasteiger partial charge on any atom is 0.311 e. The number of amides is 1. The quantitative estimate of drug-likeness (QED) is 0.886. The maximum absolute atomic E-state index is 11.6. The first kappa shape index (κ1) is 16.8. The van der Waals surface area contributed by atoms with E-state index in [0.717, 1.165) is 37.9 Å². The number of benzene rings is 1. The lowest BCUT2D eigenvalue weighted by atomic mass is 9.81. The molecule has 1 amide bonds. The summed E-state index contributed by atoms with van der Waals surface area (Å²) in [6.07, 6.45) is 2.84. The molecule has 1 aromatic rings. The van der Waals surface area contributed by atoms with Gasteiger partial charge in [0.25, 0.3) is 0 Å². The van der Waals surface area contributed by atoms with E-state index in [9.17, 15) is 14.7 Å². The van der Waals surface area contributed by atoms with Gasteiger partial charge in [-0.05, 0) is 36.5 Å². The summed E-state index contributed by atoms with van der Waals surface area (Å²) in [6.45, 7) is 2.21. The molecular formula is C16H21ClN2O3. The van der Waals surface area contributed by atoms with Crippen LogP contribution in [0.25, 0.3) is 0 Å². The van der Waals surface area contributed by atoms with E-state index in [4.69, 9.17) is 5.73 Å². The van der Waals surface area contributed by atoms with Crippen molar-refractivity contribution in [2.75, 3.05) is 13.1 Å². The van der Waals surface area contributed by atoms with Gasteiger partial charge in [0.05, 0.1) is 5.41 Å². The monoisotopic (exact) mass is 324 g/mol. The predicted molar refractivity (Wildman–Crippen MR) is 84.9 cm³/mol. The zero-order valence-corrected chi connectivity index (χ0v) is 13.1. The fourth-order valence-electron chi connectivity index (χ4n) is 3.90. The summed E-state index contributed by atoms with van der Waals surface area (Å²) in [5.41, 5.74) is 6.27. The second-order valence-corrected chi connectivity index (χ2v) is 6.28. The number of halogens is 1. The van der Waals surface area contributed by atoms with Crippen LogP contribution < -0.4 is 5.73 Å². The molecule has 2 aliphatic rings. The van der Waals surface area contributed by atoms with Crippen LogP contribution >= 0.6 is 12.4 Å². The van der Waals surface area contributed by atoms with E-state index in [0.29, 0.717) is 12.1 Å². The van der Waals surface area contributed by atoms with Crippen molar-refractivity contribution in [1.82, 2.24) is 4.90 Å². The number of aliphatic carboxylic acids is 1. The number of fused-ring (bicyclic) bond motifs is 1. The summed E-state index contributed by atoms with van der Waals surface area (Å²) < 4.78 is 0. The molecule has 0 bridgehead atoms. The number of likely N-dealkylation sites (tertiary alicyclic amines) is 1. The van der Waals surface area contributed by atoms with Crippen molar-refractivity contribution in [2.45, 2.75) is 25.8 Å². The Morgan fingerprint density at radius 3 is 2.55 bits per heavy atom. The Labute approximate surface area is 135 Å². The van der Waals surface area contributed by atoms with Crippen molar-refractivity contribution in [1.29, 1.82) is 0 Å². The number of carbonyl (C=O) groups excluding carboxylic acids is 1. The molecule has 2 fully saturated rings. The van der Waals surface area contributed by atoms with Gasteiger partial charge in [0.15, 0.2) is 0 Å². The third-order valence-electron chi connectivity index (χ3n) is 5.01. The standard InChI is InChI=1S/C16H20N2O3.ClH/c17-14(19)12-5-3-11(4-6-12)8-18-9-13-2-1-7-16(13,10-18)15(20)21;/h3-6,13H,1-2,7-10H2,(H2,17,19)(H,20,21);1H/t13-,16+;/m0./s1. The van der Waals surface area contributed by atoms with Crippen LogP contribution in [-0.2, 0) is 11.3 Å². The second kappa shape index (κ2) is 6.26. The smallest absolute Gasteiger partial charge is 0.311 e. The van der Waals surface area contributed by atoms with Gasteiger partial charge >= 0.3 is 5.97 Å². The zero-order valence-electron chi connectivity index (χ0n) is 12.3. The minimum absolute atomic E-state index is 0. The molecule has 1 aromatic carbocycles. The van der Waals surface area contributed by atoms with E-state index in [1.807, 2.05) is 12.1 Å². The summed E-state index contributed by atoms with van der Waals surface area (Å²) in [7, 11) is 0. The first-order valence-electron chi connectivity index (χ1n) is 7.36. The molecule has 1 aliphatic heterocycles. The van der Waals surface area contributed by atoms with Gasteiger partial charge in [0.2, 0.25) is 5.91 Å². The molecule has 3 N–H and O–H groups in total. The molecule has 3 rings (SSSR count). The van der Waals surface area contributed by atoms with Crippen LogP contribution in [0.2, 0.25) is 0 Å². The Balaban J connectivity index is 0.00000176. The highest BCUT2D eigenvalue weighted by atomic mass is 35.5. The van der Waals surface area contributed by atoms with Gasteiger partial charge in [-0.1, -0.05) is 18.6 Å². The van der Waals surface area contributed by atoms with E-state index in [-0.39, 0.29) is 18.3 Å². The van der Waals surface area contributed by atoms with Crippen LogP contribution in [0, 0.1) is 11.3 Å². The molecule has 2 atom stereocenters. The first-order valence-corrected chi connectivity index (χ1v) is 7.36. The number of nitrogens with two attached hydrogens (primary N) is 1. The highest BCUT2D eigenvalue weighted by molar-refractivity contribution is 5.92. The van der Waals surface area contributed by atoms with Gasteiger partial charge in [0, 0.05) is 25.2 Å².